The van der Waals surface area contributed by atoms with Crippen molar-refractivity contribution >= 4 is 87.8 Å². The minimum atomic E-state index is -4.04. The molecule has 0 fully saturated rings. The molecule has 3 aromatic carbocycles. The van der Waals surface area contributed by atoms with Crippen LogP contribution < -0.4 is 9.05 Å². The summed E-state index contributed by atoms with van der Waals surface area (Å²) in [6.45, 7) is -4.04. The van der Waals surface area contributed by atoms with Crippen molar-refractivity contribution < 1.29 is 13.6 Å². The molecule has 3 aromatic rings. The van der Waals surface area contributed by atoms with Crippen molar-refractivity contribution in [3.63, 3.8) is 0 Å². The van der Waals surface area contributed by atoms with Gasteiger partial charge < -0.3 is 9.05 Å². The van der Waals surface area contributed by atoms with Gasteiger partial charge in [-0.15, -0.1) is 0 Å². The molecule has 0 aliphatic rings. The molecule has 0 aromatic heterocycles. The summed E-state index contributed by atoms with van der Waals surface area (Å²) in [5, 5.41) is 1.08. The van der Waals surface area contributed by atoms with E-state index in [1.165, 1.54) is 12.1 Å². The van der Waals surface area contributed by atoms with Crippen LogP contribution in [0.15, 0.2) is 59.5 Å². The van der Waals surface area contributed by atoms with E-state index in [-0.39, 0.29) is 41.6 Å². The van der Waals surface area contributed by atoms with Crippen LogP contribution >= 0.6 is 87.8 Å². The fourth-order valence-electron chi connectivity index (χ4n) is 2.08. The van der Waals surface area contributed by atoms with Crippen LogP contribution in [0.1, 0.15) is 0 Å². The third kappa shape index (κ3) is 5.64. The van der Waals surface area contributed by atoms with E-state index in [9.17, 15) is 4.57 Å². The second kappa shape index (κ2) is 9.80. The first kappa shape index (κ1) is 23.2. The Morgan fingerprint density at radius 1 is 0.621 bits per heavy atom. The Morgan fingerprint density at radius 3 is 1.52 bits per heavy atom. The summed E-state index contributed by atoms with van der Waals surface area (Å²) in [4.78, 5) is 0.374. The summed E-state index contributed by atoms with van der Waals surface area (Å²) in [6.07, 6.45) is 0. The highest BCUT2D eigenvalue weighted by molar-refractivity contribution is 8.55. The molecule has 3 rings (SSSR count). The van der Waals surface area contributed by atoms with Crippen LogP contribution in [0, 0.1) is 0 Å². The molecule has 0 saturated carbocycles. The van der Waals surface area contributed by atoms with Gasteiger partial charge in [0.2, 0.25) is 0 Å². The zero-order valence-corrected chi connectivity index (χ0v) is 20.3. The van der Waals surface area contributed by atoms with Crippen LogP contribution in [-0.4, -0.2) is 0 Å². The normalized spacial score (nSPS) is 11.4. The van der Waals surface area contributed by atoms with Gasteiger partial charge in [-0.1, -0.05) is 87.8 Å². The molecule has 0 N–H and O–H groups in total. The van der Waals surface area contributed by atoms with Gasteiger partial charge in [0.15, 0.2) is 11.5 Å². The molecule has 0 unspecified atom stereocenters. The van der Waals surface area contributed by atoms with Crippen LogP contribution in [-0.2, 0) is 4.57 Å². The van der Waals surface area contributed by atoms with Gasteiger partial charge in [-0.2, -0.15) is 0 Å². The largest absolute Gasteiger partial charge is 0.497 e. The number of hydrogen-bond acceptors (Lipinski definition) is 4. The summed E-state index contributed by atoms with van der Waals surface area (Å²) in [5.41, 5.74) is 0. The van der Waals surface area contributed by atoms with Crippen LogP contribution in [0.2, 0.25) is 30.1 Å². The summed E-state index contributed by atoms with van der Waals surface area (Å²) >= 11 is 37.5. The van der Waals surface area contributed by atoms with Crippen LogP contribution in [0.5, 0.6) is 11.5 Å². The number of benzene rings is 3. The van der Waals surface area contributed by atoms with E-state index >= 15 is 0 Å². The Kier molecular flexibility index (Phi) is 7.86. The Bertz CT molecular complexity index is 974. The highest BCUT2D eigenvalue weighted by Crippen LogP contribution is 2.65. The van der Waals surface area contributed by atoms with Crippen LogP contribution in [0.25, 0.3) is 0 Å². The molecule has 0 bridgehead atoms. The molecule has 11 heteroatoms. The quantitative estimate of drug-likeness (QED) is 0.287. The molecular weight excluding hydrogens is 540 g/mol. The Labute approximate surface area is 201 Å². The molecule has 29 heavy (non-hydrogen) atoms. The van der Waals surface area contributed by atoms with Gasteiger partial charge in [0.25, 0.3) is 0 Å². The second-order valence-electron chi connectivity index (χ2n) is 5.38. The van der Waals surface area contributed by atoms with E-state index in [4.69, 9.17) is 78.7 Å². The molecule has 0 aliphatic heterocycles. The first-order valence-electron chi connectivity index (χ1n) is 7.71. The molecule has 0 atom stereocenters. The van der Waals surface area contributed by atoms with E-state index < -0.39 is 6.80 Å². The lowest BCUT2D eigenvalue weighted by atomic mass is 10.3. The number of halogens is 6. The third-order valence-corrected chi connectivity index (χ3v) is 9.22. The second-order valence-corrected chi connectivity index (χ2v) is 11.5. The highest BCUT2D eigenvalue weighted by atomic mass is 35.5. The highest BCUT2D eigenvalue weighted by Gasteiger charge is 2.34. The first-order chi connectivity index (χ1) is 13.7. The maximum Gasteiger partial charge on any atom is 0.497 e. The van der Waals surface area contributed by atoms with Gasteiger partial charge in [0, 0.05) is 16.3 Å². The molecule has 0 radical (unpaired) electrons. The molecule has 0 heterocycles. The van der Waals surface area contributed by atoms with Crippen molar-refractivity contribution in [1.82, 2.24) is 0 Å². The fourth-order valence-corrected chi connectivity index (χ4v) is 6.84. The maximum absolute atomic E-state index is 13.7. The van der Waals surface area contributed by atoms with Gasteiger partial charge >= 0.3 is 6.80 Å². The van der Waals surface area contributed by atoms with E-state index in [0.29, 0.717) is 4.90 Å². The first-order valence-corrected chi connectivity index (χ1v) is 12.9. The van der Waals surface area contributed by atoms with Crippen LogP contribution in [0.3, 0.4) is 0 Å². The Balaban J connectivity index is 2.04. The van der Waals surface area contributed by atoms with E-state index in [0.717, 1.165) is 11.4 Å². The monoisotopic (exact) mass is 546 g/mol. The SMILES string of the molecule is O=P(Oc1cccc(Cl)c1Cl)(Oc1cccc(Cl)c1Cl)Sc1cccc(Cl)c1Cl. The molecule has 152 valence electrons. The zero-order valence-electron chi connectivity index (χ0n) is 14.0. The van der Waals surface area contributed by atoms with Crippen molar-refractivity contribution in [3.05, 3.63) is 84.7 Å². The van der Waals surface area contributed by atoms with Crippen molar-refractivity contribution in [1.29, 1.82) is 0 Å². The average molecular weight is 549 g/mol. The molecular formula is C18H9Cl6O3PS. The predicted octanol–water partition coefficient (Wildman–Crippen LogP) is 9.97. The zero-order chi connectivity index (χ0) is 21.2. The molecule has 0 aliphatic carbocycles. The lowest BCUT2D eigenvalue weighted by molar-refractivity contribution is 0.408. The van der Waals surface area contributed by atoms with Crippen molar-refractivity contribution in [2.45, 2.75) is 4.90 Å². The van der Waals surface area contributed by atoms with Gasteiger partial charge in [-0.3, -0.25) is 0 Å². The van der Waals surface area contributed by atoms with Crippen molar-refractivity contribution in [3.8, 4) is 11.5 Å². The Morgan fingerprint density at radius 2 is 1.03 bits per heavy atom. The third-order valence-electron chi connectivity index (χ3n) is 3.38. The molecule has 0 spiro atoms. The average Bonchev–Trinajstić information content (AvgIpc) is 2.67. The molecule has 3 nitrogen and oxygen atoms in total. The van der Waals surface area contributed by atoms with E-state index in [1.807, 2.05) is 0 Å². The van der Waals surface area contributed by atoms with E-state index in [2.05, 4.69) is 0 Å². The molecule has 0 amide bonds. The van der Waals surface area contributed by atoms with Crippen LogP contribution in [0.4, 0.5) is 0 Å². The number of hydrogen-bond donors (Lipinski definition) is 0. The topological polar surface area (TPSA) is 35.5 Å². The van der Waals surface area contributed by atoms with Crippen molar-refractivity contribution in [2.75, 3.05) is 0 Å². The van der Waals surface area contributed by atoms with Gasteiger partial charge in [0.05, 0.1) is 20.1 Å². The predicted molar refractivity (Wildman–Crippen MR) is 124 cm³/mol. The van der Waals surface area contributed by atoms with Gasteiger partial charge in [-0.25, -0.2) is 4.57 Å². The summed E-state index contributed by atoms with van der Waals surface area (Å²) in [7, 11) is 0. The smallest absolute Gasteiger partial charge is 0.407 e. The van der Waals surface area contributed by atoms with E-state index in [1.54, 1.807) is 42.5 Å². The fraction of sp³-hybridized carbons (Fsp3) is 0. The van der Waals surface area contributed by atoms with Gasteiger partial charge in [-0.05, 0) is 36.4 Å². The lowest BCUT2D eigenvalue weighted by Gasteiger charge is -2.21. The summed E-state index contributed by atoms with van der Waals surface area (Å²) in [6, 6.07) is 14.2. The number of rotatable bonds is 6. The lowest BCUT2D eigenvalue weighted by Crippen LogP contribution is -1.99. The minimum absolute atomic E-state index is 0.0614. The maximum atomic E-state index is 13.7. The molecule has 0 saturated heterocycles. The minimum Gasteiger partial charge on any atom is -0.407 e. The van der Waals surface area contributed by atoms with Gasteiger partial charge in [0.1, 0.15) is 10.0 Å². The standard InChI is InChI=1S/C18H9Cl6O3PS/c19-10-4-1-7-13(16(10)22)26-28(25,27-14-8-2-5-11(20)17(14)23)29-15-9-3-6-12(21)18(15)24/h1-9H. The summed E-state index contributed by atoms with van der Waals surface area (Å²) in [5.74, 6) is 0.123. The summed E-state index contributed by atoms with van der Waals surface area (Å²) < 4.78 is 25.1. The van der Waals surface area contributed by atoms with Crippen molar-refractivity contribution in [2.24, 2.45) is 0 Å². The Hall–Kier alpha value is -0.420.